The molecule has 1 rings (SSSR count). The summed E-state index contributed by atoms with van der Waals surface area (Å²) in [7, 11) is 0. The molecule has 1 saturated heterocycles. The van der Waals surface area contributed by atoms with Gasteiger partial charge in [0.15, 0.2) is 0 Å². The first-order valence-corrected chi connectivity index (χ1v) is 5.51. The Bertz CT molecular complexity index is 296. The van der Waals surface area contributed by atoms with Crippen LogP contribution in [0.25, 0.3) is 0 Å². The van der Waals surface area contributed by atoms with Crippen molar-refractivity contribution in [3.8, 4) is 0 Å². The number of nitrogens with zero attached hydrogens (tertiary/aromatic N) is 1. The molecule has 0 spiro atoms. The number of hydrogen-bond donors (Lipinski definition) is 2. The lowest BCUT2D eigenvalue weighted by molar-refractivity contribution is -0.149. The van der Waals surface area contributed by atoms with Crippen LogP contribution in [0.4, 0.5) is 0 Å². The third-order valence-corrected chi connectivity index (χ3v) is 2.75. The summed E-state index contributed by atoms with van der Waals surface area (Å²) in [5.74, 6) is -1.19. The first-order valence-electron chi connectivity index (χ1n) is 5.51. The predicted molar refractivity (Wildman–Crippen MR) is 59.8 cm³/mol. The molecule has 0 bridgehead atoms. The van der Waals surface area contributed by atoms with Crippen molar-refractivity contribution in [1.82, 2.24) is 4.90 Å². The molecule has 0 aromatic carbocycles. The number of carbonyl (C=O) groups excluding carboxylic acids is 1. The average molecular weight is 228 g/mol. The third kappa shape index (κ3) is 2.95. The fourth-order valence-electron chi connectivity index (χ4n) is 1.95. The molecule has 5 heteroatoms. The van der Waals surface area contributed by atoms with Gasteiger partial charge >= 0.3 is 5.97 Å². The van der Waals surface area contributed by atoms with Gasteiger partial charge in [0.05, 0.1) is 6.04 Å². The van der Waals surface area contributed by atoms with Gasteiger partial charge in [0.2, 0.25) is 5.91 Å². The normalized spacial score (nSPS) is 23.6. The Morgan fingerprint density at radius 2 is 2.19 bits per heavy atom. The van der Waals surface area contributed by atoms with E-state index in [1.807, 2.05) is 20.8 Å². The van der Waals surface area contributed by atoms with Crippen LogP contribution in [0, 0.1) is 5.41 Å². The van der Waals surface area contributed by atoms with Crippen molar-refractivity contribution in [3.05, 3.63) is 0 Å². The smallest absolute Gasteiger partial charge is 0.326 e. The summed E-state index contributed by atoms with van der Waals surface area (Å²) in [6.45, 7) is 6.34. The molecule has 1 heterocycles. The second-order valence-electron chi connectivity index (χ2n) is 5.55. The molecule has 16 heavy (non-hydrogen) atoms. The zero-order valence-corrected chi connectivity index (χ0v) is 10.1. The van der Waals surface area contributed by atoms with E-state index < -0.39 is 18.1 Å². The van der Waals surface area contributed by atoms with Gasteiger partial charge in [-0.15, -0.1) is 0 Å². The van der Waals surface area contributed by atoms with E-state index >= 15 is 0 Å². The number of carboxylic acids is 1. The Labute approximate surface area is 95.6 Å². The fraction of sp³-hybridized carbons (Fsp3) is 0.818. The van der Waals surface area contributed by atoms with Crippen molar-refractivity contribution in [1.29, 1.82) is 0 Å². The number of carboxylic acid groups (broad SMARTS) is 1. The van der Waals surface area contributed by atoms with Crippen LogP contribution in [-0.4, -0.2) is 40.5 Å². The van der Waals surface area contributed by atoms with Gasteiger partial charge in [-0.3, -0.25) is 4.79 Å². The van der Waals surface area contributed by atoms with Gasteiger partial charge in [0.1, 0.15) is 6.04 Å². The number of aliphatic carboxylic acids is 1. The van der Waals surface area contributed by atoms with E-state index in [2.05, 4.69) is 0 Å². The summed E-state index contributed by atoms with van der Waals surface area (Å²) in [4.78, 5) is 24.3. The topological polar surface area (TPSA) is 83.6 Å². The minimum absolute atomic E-state index is 0.129. The van der Waals surface area contributed by atoms with E-state index in [4.69, 9.17) is 10.8 Å². The lowest BCUT2D eigenvalue weighted by Crippen LogP contribution is -2.46. The quantitative estimate of drug-likeness (QED) is 0.734. The summed E-state index contributed by atoms with van der Waals surface area (Å²) >= 11 is 0. The molecular formula is C11H20N2O3. The highest BCUT2D eigenvalue weighted by Crippen LogP contribution is 2.26. The van der Waals surface area contributed by atoms with E-state index in [9.17, 15) is 9.59 Å². The van der Waals surface area contributed by atoms with Crippen molar-refractivity contribution < 1.29 is 14.7 Å². The Morgan fingerprint density at radius 3 is 2.50 bits per heavy atom. The molecule has 2 atom stereocenters. The second-order valence-corrected chi connectivity index (χ2v) is 5.55. The minimum atomic E-state index is -0.947. The standard InChI is InChI=1S/C11H20N2O3/c1-11(2,3)6-8(10(15)16)13-5-4-7(12)9(13)14/h7-8H,4-6,12H2,1-3H3,(H,15,16)/t7-,8+/m0/s1. The van der Waals surface area contributed by atoms with Crippen LogP contribution in [0.3, 0.4) is 0 Å². The monoisotopic (exact) mass is 228 g/mol. The molecule has 0 saturated carbocycles. The summed E-state index contributed by atoms with van der Waals surface area (Å²) in [5, 5.41) is 9.17. The number of carbonyl (C=O) groups is 2. The Hall–Kier alpha value is -1.10. The highest BCUT2D eigenvalue weighted by molar-refractivity contribution is 5.88. The summed E-state index contributed by atoms with van der Waals surface area (Å²) in [6.07, 6.45) is 0.994. The van der Waals surface area contributed by atoms with Crippen LogP contribution >= 0.6 is 0 Å². The maximum atomic E-state index is 11.7. The first-order chi connectivity index (χ1) is 7.22. The predicted octanol–water partition coefficient (Wildman–Crippen LogP) is 0.435. The average Bonchev–Trinajstić information content (AvgIpc) is 2.42. The van der Waals surface area contributed by atoms with Crippen molar-refractivity contribution >= 4 is 11.9 Å². The fourth-order valence-corrected chi connectivity index (χ4v) is 1.95. The van der Waals surface area contributed by atoms with Gasteiger partial charge in [-0.05, 0) is 18.3 Å². The van der Waals surface area contributed by atoms with Gasteiger partial charge in [-0.1, -0.05) is 20.8 Å². The highest BCUT2D eigenvalue weighted by atomic mass is 16.4. The third-order valence-electron chi connectivity index (χ3n) is 2.75. The van der Waals surface area contributed by atoms with Crippen LogP contribution < -0.4 is 5.73 Å². The summed E-state index contributed by atoms with van der Waals surface area (Å²) in [5.41, 5.74) is 5.46. The number of likely N-dealkylation sites (tertiary alicyclic amines) is 1. The first kappa shape index (κ1) is 13.0. The van der Waals surface area contributed by atoms with E-state index in [-0.39, 0.29) is 11.3 Å². The summed E-state index contributed by atoms with van der Waals surface area (Å²) < 4.78 is 0. The summed E-state index contributed by atoms with van der Waals surface area (Å²) in [6, 6.07) is -1.28. The van der Waals surface area contributed by atoms with E-state index in [1.54, 1.807) is 0 Å². The van der Waals surface area contributed by atoms with Crippen LogP contribution in [0.15, 0.2) is 0 Å². The number of hydrogen-bond acceptors (Lipinski definition) is 3. The highest BCUT2D eigenvalue weighted by Gasteiger charge is 2.38. The van der Waals surface area contributed by atoms with E-state index in [0.717, 1.165) is 0 Å². The number of nitrogens with two attached hydrogens (primary N) is 1. The molecule has 5 nitrogen and oxygen atoms in total. The van der Waals surface area contributed by atoms with E-state index in [1.165, 1.54) is 4.90 Å². The lowest BCUT2D eigenvalue weighted by Gasteiger charge is -2.30. The molecule has 92 valence electrons. The molecule has 3 N–H and O–H groups in total. The number of rotatable bonds is 3. The van der Waals surface area contributed by atoms with Gasteiger partial charge in [-0.2, -0.15) is 0 Å². The van der Waals surface area contributed by atoms with Crippen LogP contribution in [0.5, 0.6) is 0 Å². The van der Waals surface area contributed by atoms with Crippen molar-refractivity contribution in [2.24, 2.45) is 11.1 Å². The Balaban J connectivity index is 2.79. The zero-order chi connectivity index (χ0) is 12.5. The molecule has 1 aliphatic rings. The molecular weight excluding hydrogens is 208 g/mol. The van der Waals surface area contributed by atoms with Crippen molar-refractivity contribution in [3.63, 3.8) is 0 Å². The molecule has 0 aliphatic carbocycles. The SMILES string of the molecule is CC(C)(C)C[C@H](C(=O)O)N1CC[C@H](N)C1=O. The second kappa shape index (κ2) is 4.41. The minimum Gasteiger partial charge on any atom is -0.480 e. The van der Waals surface area contributed by atoms with Gasteiger partial charge < -0.3 is 15.7 Å². The maximum Gasteiger partial charge on any atom is 0.326 e. The molecule has 0 radical (unpaired) electrons. The molecule has 1 fully saturated rings. The number of amides is 1. The maximum absolute atomic E-state index is 11.7. The van der Waals surface area contributed by atoms with Crippen LogP contribution in [0.2, 0.25) is 0 Å². The van der Waals surface area contributed by atoms with Crippen molar-refractivity contribution in [2.45, 2.75) is 45.7 Å². The molecule has 0 aromatic rings. The Morgan fingerprint density at radius 1 is 1.62 bits per heavy atom. The molecule has 0 unspecified atom stereocenters. The largest absolute Gasteiger partial charge is 0.480 e. The zero-order valence-electron chi connectivity index (χ0n) is 10.1. The van der Waals surface area contributed by atoms with Crippen LogP contribution in [-0.2, 0) is 9.59 Å². The van der Waals surface area contributed by atoms with E-state index in [0.29, 0.717) is 19.4 Å². The molecule has 0 aromatic heterocycles. The van der Waals surface area contributed by atoms with Gasteiger partial charge in [0.25, 0.3) is 0 Å². The van der Waals surface area contributed by atoms with Gasteiger partial charge in [0, 0.05) is 6.54 Å². The Kier molecular flexibility index (Phi) is 3.57. The van der Waals surface area contributed by atoms with Crippen molar-refractivity contribution in [2.75, 3.05) is 6.54 Å². The molecule has 1 amide bonds. The molecule has 1 aliphatic heterocycles. The van der Waals surface area contributed by atoms with Crippen LogP contribution in [0.1, 0.15) is 33.6 Å². The lowest BCUT2D eigenvalue weighted by atomic mass is 9.87. The van der Waals surface area contributed by atoms with Gasteiger partial charge in [-0.25, -0.2) is 4.79 Å².